The molecule has 2 aliphatic rings. The highest BCUT2D eigenvalue weighted by atomic mass is 16.5. The summed E-state index contributed by atoms with van der Waals surface area (Å²) in [6, 6.07) is 1.95. The Balaban J connectivity index is 2.01. The summed E-state index contributed by atoms with van der Waals surface area (Å²) >= 11 is 0. The minimum absolute atomic E-state index is 0.0962. The van der Waals surface area contributed by atoms with Crippen molar-refractivity contribution in [2.24, 2.45) is 22.7 Å². The highest BCUT2D eigenvalue weighted by molar-refractivity contribution is 5.89. The Hall–Kier alpha value is -2.08. The second-order valence-electron chi connectivity index (χ2n) is 8.71. The van der Waals surface area contributed by atoms with Gasteiger partial charge in [-0.2, -0.15) is 0 Å². The molecule has 5 atom stereocenters. The van der Waals surface area contributed by atoms with Crippen LogP contribution in [-0.2, 0) is 20.7 Å². The maximum atomic E-state index is 12.1. The number of aliphatic hydroxyl groups excluding tert-OH is 1. The van der Waals surface area contributed by atoms with Gasteiger partial charge in [-0.25, -0.2) is 4.79 Å². The third-order valence-corrected chi connectivity index (χ3v) is 7.33. The zero-order valence-corrected chi connectivity index (χ0v) is 16.8. The van der Waals surface area contributed by atoms with Crippen LogP contribution in [0.1, 0.15) is 52.0 Å². The van der Waals surface area contributed by atoms with E-state index in [9.17, 15) is 19.8 Å². The van der Waals surface area contributed by atoms with Crippen LogP contribution >= 0.6 is 0 Å². The number of ether oxygens (including phenoxy) is 1. The van der Waals surface area contributed by atoms with Crippen molar-refractivity contribution in [3.63, 3.8) is 0 Å². The van der Waals surface area contributed by atoms with Crippen molar-refractivity contribution < 1.29 is 29.0 Å². The molecule has 2 N–H and O–H groups in total. The predicted octanol–water partition coefficient (Wildman–Crippen LogP) is 3.59. The molecule has 1 heterocycles. The highest BCUT2D eigenvalue weighted by Crippen LogP contribution is 2.62. The summed E-state index contributed by atoms with van der Waals surface area (Å²) in [5, 5.41) is 20.3. The number of aliphatic carboxylic acids is 1. The van der Waals surface area contributed by atoms with E-state index in [2.05, 4.69) is 13.8 Å². The van der Waals surface area contributed by atoms with Gasteiger partial charge in [-0.15, -0.1) is 0 Å². The third kappa shape index (κ3) is 3.50. The molecule has 0 unspecified atom stereocenters. The van der Waals surface area contributed by atoms with Crippen LogP contribution in [0.15, 0.2) is 34.7 Å². The fourth-order valence-electron chi connectivity index (χ4n) is 5.55. The molecular weight excluding hydrogens is 360 g/mol. The van der Waals surface area contributed by atoms with Gasteiger partial charge in [-0.3, -0.25) is 4.79 Å². The Bertz CT molecular complexity index is 751. The fraction of sp³-hybridized carbons (Fsp3) is 0.636. The van der Waals surface area contributed by atoms with Gasteiger partial charge in [-0.1, -0.05) is 13.8 Å². The molecule has 1 aromatic heterocycles. The molecule has 0 aromatic carbocycles. The number of furan rings is 1. The number of fused-ring (bicyclic) bond motifs is 1. The van der Waals surface area contributed by atoms with E-state index in [1.165, 1.54) is 6.92 Å². The van der Waals surface area contributed by atoms with Gasteiger partial charge in [0.05, 0.1) is 19.1 Å². The summed E-state index contributed by atoms with van der Waals surface area (Å²) in [6.45, 7) is 5.53. The summed E-state index contributed by atoms with van der Waals surface area (Å²) < 4.78 is 10.6. The van der Waals surface area contributed by atoms with Crippen molar-refractivity contribution >= 4 is 11.9 Å². The molecule has 0 bridgehead atoms. The second-order valence-corrected chi connectivity index (χ2v) is 8.71. The van der Waals surface area contributed by atoms with Crippen LogP contribution in [0.25, 0.3) is 0 Å². The first kappa shape index (κ1) is 20.6. The lowest BCUT2D eigenvalue weighted by atomic mass is 9.46. The quantitative estimate of drug-likeness (QED) is 0.721. The van der Waals surface area contributed by atoms with Crippen molar-refractivity contribution in [1.29, 1.82) is 0 Å². The summed E-state index contributed by atoms with van der Waals surface area (Å²) in [6.07, 6.45) is 8.03. The van der Waals surface area contributed by atoms with Crippen molar-refractivity contribution in [3.8, 4) is 0 Å². The summed E-state index contributed by atoms with van der Waals surface area (Å²) in [5.41, 5.74) is 0.292. The lowest BCUT2D eigenvalue weighted by molar-refractivity contribution is -0.154. The van der Waals surface area contributed by atoms with E-state index < -0.39 is 23.5 Å². The van der Waals surface area contributed by atoms with Gasteiger partial charge in [0.15, 0.2) is 0 Å². The third-order valence-electron chi connectivity index (χ3n) is 7.33. The number of carbonyl (C=O) groups excluding carboxylic acids is 1. The number of carboxylic acid groups (broad SMARTS) is 1. The standard InChI is InChI=1S/C22H30O6/c1-14-4-8-22(13-23)18(20(25)26)10-17(28-15(2)24)11-19(22)21(14,3)7-5-16-6-9-27-12-16/h6,9-10,12,14,17,19,23H,4-5,7-8,11,13H2,1-3H3,(H,25,26)/t14-,17+,19+,21-,22-/m0/s1. The molecule has 1 saturated carbocycles. The van der Waals surface area contributed by atoms with E-state index >= 15 is 0 Å². The van der Waals surface area contributed by atoms with E-state index in [1.807, 2.05) is 6.07 Å². The Morgan fingerprint density at radius 1 is 1.39 bits per heavy atom. The molecule has 0 amide bonds. The minimum Gasteiger partial charge on any atom is -0.478 e. The van der Waals surface area contributed by atoms with E-state index in [1.54, 1.807) is 18.6 Å². The fourth-order valence-corrected chi connectivity index (χ4v) is 5.55. The Morgan fingerprint density at radius 3 is 2.71 bits per heavy atom. The topological polar surface area (TPSA) is 97.0 Å². The first-order chi connectivity index (χ1) is 13.2. The molecule has 0 spiro atoms. The zero-order chi connectivity index (χ0) is 20.5. The SMILES string of the molecule is CC(=O)O[C@@H]1C=C(C(=O)O)[C@@]2(CO)CC[C@H](C)[C@](C)(CCc3ccoc3)[C@H]2C1. The van der Waals surface area contributed by atoms with Crippen LogP contribution in [0.2, 0.25) is 0 Å². The molecular formula is C22H30O6. The predicted molar refractivity (Wildman–Crippen MR) is 102 cm³/mol. The Labute approximate surface area is 165 Å². The molecule has 6 nitrogen and oxygen atoms in total. The molecule has 28 heavy (non-hydrogen) atoms. The van der Waals surface area contributed by atoms with Crippen LogP contribution in [-0.4, -0.2) is 34.9 Å². The minimum atomic E-state index is -1.04. The number of hydrogen-bond acceptors (Lipinski definition) is 5. The summed E-state index contributed by atoms with van der Waals surface area (Å²) in [4.78, 5) is 23.7. The monoisotopic (exact) mass is 390 g/mol. The molecule has 3 rings (SSSR count). The Kier molecular flexibility index (Phi) is 5.71. The van der Waals surface area contributed by atoms with Crippen LogP contribution < -0.4 is 0 Å². The van der Waals surface area contributed by atoms with Crippen LogP contribution in [0.5, 0.6) is 0 Å². The van der Waals surface area contributed by atoms with Crippen molar-refractivity contribution in [2.45, 2.75) is 59.0 Å². The van der Waals surface area contributed by atoms with E-state index in [4.69, 9.17) is 9.15 Å². The molecule has 0 aliphatic heterocycles. The zero-order valence-electron chi connectivity index (χ0n) is 16.8. The molecule has 1 aromatic rings. The number of carboxylic acids is 1. The number of esters is 1. The second kappa shape index (κ2) is 7.74. The van der Waals surface area contributed by atoms with Crippen LogP contribution in [0.3, 0.4) is 0 Å². The molecule has 1 fully saturated rings. The summed E-state index contributed by atoms with van der Waals surface area (Å²) in [7, 11) is 0. The molecule has 0 radical (unpaired) electrons. The van der Waals surface area contributed by atoms with Crippen LogP contribution in [0, 0.1) is 22.7 Å². The lowest BCUT2D eigenvalue weighted by Gasteiger charge is -2.58. The smallest absolute Gasteiger partial charge is 0.332 e. The Morgan fingerprint density at radius 2 is 2.14 bits per heavy atom. The van der Waals surface area contributed by atoms with Gasteiger partial charge in [0, 0.05) is 17.9 Å². The molecule has 6 heteroatoms. The van der Waals surface area contributed by atoms with E-state index in [0.29, 0.717) is 18.8 Å². The van der Waals surface area contributed by atoms with Gasteiger partial charge in [-0.05, 0) is 67.1 Å². The largest absolute Gasteiger partial charge is 0.478 e. The van der Waals surface area contributed by atoms with Gasteiger partial charge < -0.3 is 19.4 Å². The first-order valence-corrected chi connectivity index (χ1v) is 9.97. The van der Waals surface area contributed by atoms with Crippen LogP contribution in [0.4, 0.5) is 0 Å². The van der Waals surface area contributed by atoms with Crippen molar-refractivity contribution in [1.82, 2.24) is 0 Å². The average Bonchev–Trinajstić information content (AvgIpc) is 3.16. The molecule has 0 saturated heterocycles. The number of rotatable bonds is 6. The van der Waals surface area contributed by atoms with Gasteiger partial charge in [0.1, 0.15) is 6.10 Å². The average molecular weight is 390 g/mol. The maximum Gasteiger partial charge on any atom is 0.332 e. The van der Waals surface area contributed by atoms with Crippen molar-refractivity contribution in [2.75, 3.05) is 6.61 Å². The molecule has 2 aliphatic carbocycles. The van der Waals surface area contributed by atoms with Gasteiger partial charge >= 0.3 is 11.9 Å². The van der Waals surface area contributed by atoms with Gasteiger partial charge in [0.2, 0.25) is 0 Å². The normalized spacial score (nSPS) is 35.0. The number of carbonyl (C=O) groups is 2. The van der Waals surface area contributed by atoms with E-state index in [-0.39, 0.29) is 23.5 Å². The lowest BCUT2D eigenvalue weighted by Crippen LogP contribution is -2.56. The number of hydrogen-bond donors (Lipinski definition) is 2. The number of aryl methyl sites for hydroxylation is 1. The summed E-state index contributed by atoms with van der Waals surface area (Å²) in [5.74, 6) is -1.20. The highest BCUT2D eigenvalue weighted by Gasteiger charge is 2.59. The first-order valence-electron chi connectivity index (χ1n) is 9.97. The van der Waals surface area contributed by atoms with Crippen molar-refractivity contribution in [3.05, 3.63) is 35.8 Å². The van der Waals surface area contributed by atoms with Gasteiger partial charge in [0.25, 0.3) is 0 Å². The maximum absolute atomic E-state index is 12.1. The molecule has 154 valence electrons. The van der Waals surface area contributed by atoms with E-state index in [0.717, 1.165) is 24.8 Å². The number of aliphatic hydroxyl groups is 1.